The quantitative estimate of drug-likeness (QED) is 0.636. The molecule has 66 valence electrons. The van der Waals surface area contributed by atoms with E-state index in [2.05, 4.69) is 4.98 Å². The molecule has 0 unspecified atom stereocenters. The molecule has 1 aromatic rings. The first-order valence-electron chi connectivity index (χ1n) is 4.54. The number of aromatic hydroxyl groups is 1. The highest BCUT2D eigenvalue weighted by molar-refractivity contribution is 5.21. The second-order valence-corrected chi connectivity index (χ2v) is 3.40. The fourth-order valence-electron chi connectivity index (χ4n) is 1.78. The number of rotatable bonds is 0. The van der Waals surface area contributed by atoms with Crippen LogP contribution >= 0.6 is 0 Å². The lowest BCUT2D eigenvalue weighted by Gasteiger charge is -2.02. The van der Waals surface area contributed by atoms with Crippen molar-refractivity contribution in [3.63, 3.8) is 0 Å². The van der Waals surface area contributed by atoms with Crippen LogP contribution in [0.2, 0.25) is 0 Å². The molecule has 0 atom stereocenters. The summed E-state index contributed by atoms with van der Waals surface area (Å²) in [6.07, 6.45) is 4.63. The molecule has 2 rings (SSSR count). The third-order valence-electron chi connectivity index (χ3n) is 2.47. The first-order chi connectivity index (χ1) is 5.79. The molecule has 0 spiro atoms. The first kappa shape index (κ1) is 7.65. The summed E-state index contributed by atoms with van der Waals surface area (Å²) < 4.78 is 1.95. The Morgan fingerprint density at radius 2 is 2.17 bits per heavy atom. The Hall–Kier alpha value is -0.990. The van der Waals surface area contributed by atoms with Crippen molar-refractivity contribution in [1.82, 2.24) is 9.55 Å². The molecule has 0 bridgehead atoms. The number of aryl methyl sites for hydroxylation is 2. The highest BCUT2D eigenvalue weighted by Crippen LogP contribution is 2.23. The highest BCUT2D eigenvalue weighted by atomic mass is 16.3. The Balaban J connectivity index is 2.42. The lowest BCUT2D eigenvalue weighted by atomic mass is 10.2. The van der Waals surface area contributed by atoms with Crippen molar-refractivity contribution in [2.45, 2.75) is 39.2 Å². The van der Waals surface area contributed by atoms with Gasteiger partial charge >= 0.3 is 0 Å². The van der Waals surface area contributed by atoms with E-state index < -0.39 is 0 Å². The highest BCUT2D eigenvalue weighted by Gasteiger charge is 2.14. The van der Waals surface area contributed by atoms with Crippen molar-refractivity contribution in [1.29, 1.82) is 0 Å². The fourth-order valence-corrected chi connectivity index (χ4v) is 1.78. The summed E-state index contributed by atoms with van der Waals surface area (Å²) in [4.78, 5) is 4.32. The minimum absolute atomic E-state index is 0.368. The van der Waals surface area contributed by atoms with Gasteiger partial charge in [-0.1, -0.05) is 6.42 Å². The number of imidazole rings is 1. The van der Waals surface area contributed by atoms with E-state index in [0.29, 0.717) is 5.88 Å². The lowest BCUT2D eigenvalue weighted by molar-refractivity contribution is 0.409. The molecular formula is C9H14N2O. The predicted octanol–water partition coefficient (Wildman–Crippen LogP) is 1.62. The summed E-state index contributed by atoms with van der Waals surface area (Å²) in [5, 5.41) is 9.61. The standard InChI is InChI=1S/C9H14N2O/c1-7-9(12)11-6-4-2-3-5-8(11)10-7/h12H,2-6H2,1H3. The Morgan fingerprint density at radius 1 is 1.33 bits per heavy atom. The summed E-state index contributed by atoms with van der Waals surface area (Å²) in [5.41, 5.74) is 0.770. The fraction of sp³-hybridized carbons (Fsp3) is 0.667. The second kappa shape index (κ2) is 2.81. The Kier molecular flexibility index (Phi) is 1.79. The molecule has 0 aromatic carbocycles. The van der Waals surface area contributed by atoms with Crippen LogP contribution in [0.4, 0.5) is 0 Å². The predicted molar refractivity (Wildman–Crippen MR) is 46.2 cm³/mol. The molecule has 1 aliphatic rings. The van der Waals surface area contributed by atoms with Crippen molar-refractivity contribution in [3.05, 3.63) is 11.5 Å². The van der Waals surface area contributed by atoms with Gasteiger partial charge in [-0.2, -0.15) is 0 Å². The van der Waals surface area contributed by atoms with E-state index in [0.717, 1.165) is 30.9 Å². The van der Waals surface area contributed by atoms with Crippen LogP contribution in [0.25, 0.3) is 0 Å². The summed E-state index contributed by atoms with van der Waals surface area (Å²) in [7, 11) is 0. The first-order valence-corrected chi connectivity index (χ1v) is 4.54. The van der Waals surface area contributed by atoms with Gasteiger partial charge in [0.15, 0.2) is 0 Å². The van der Waals surface area contributed by atoms with Crippen LogP contribution in [0.3, 0.4) is 0 Å². The number of hydrogen-bond donors (Lipinski definition) is 1. The van der Waals surface area contributed by atoms with Crippen molar-refractivity contribution >= 4 is 0 Å². The Labute approximate surface area is 72.0 Å². The van der Waals surface area contributed by atoms with Gasteiger partial charge in [-0.3, -0.25) is 4.57 Å². The van der Waals surface area contributed by atoms with Gasteiger partial charge in [-0.05, 0) is 19.8 Å². The van der Waals surface area contributed by atoms with Crippen LogP contribution in [-0.4, -0.2) is 14.7 Å². The Bertz CT molecular complexity index is 291. The average molecular weight is 166 g/mol. The van der Waals surface area contributed by atoms with Crippen LogP contribution in [0, 0.1) is 6.92 Å². The molecule has 3 nitrogen and oxygen atoms in total. The maximum absolute atomic E-state index is 9.61. The summed E-state index contributed by atoms with van der Waals surface area (Å²) in [6, 6.07) is 0. The molecule has 0 saturated heterocycles. The van der Waals surface area contributed by atoms with Gasteiger partial charge in [-0.25, -0.2) is 4.98 Å². The van der Waals surface area contributed by atoms with Gasteiger partial charge in [0.1, 0.15) is 5.82 Å². The minimum atomic E-state index is 0.368. The summed E-state index contributed by atoms with van der Waals surface area (Å²) >= 11 is 0. The molecule has 1 aliphatic heterocycles. The monoisotopic (exact) mass is 166 g/mol. The molecule has 0 radical (unpaired) electrons. The molecule has 0 amide bonds. The van der Waals surface area contributed by atoms with Crippen LogP contribution in [0.5, 0.6) is 5.88 Å². The summed E-state index contributed by atoms with van der Waals surface area (Å²) in [6.45, 7) is 2.79. The molecule has 2 heterocycles. The number of aromatic nitrogens is 2. The van der Waals surface area contributed by atoms with E-state index in [-0.39, 0.29) is 0 Å². The van der Waals surface area contributed by atoms with Crippen LogP contribution in [0.15, 0.2) is 0 Å². The number of nitrogens with zero attached hydrogens (tertiary/aromatic N) is 2. The van der Waals surface area contributed by atoms with E-state index in [1.807, 2.05) is 11.5 Å². The molecule has 0 saturated carbocycles. The molecule has 0 aliphatic carbocycles. The van der Waals surface area contributed by atoms with Gasteiger partial charge in [-0.15, -0.1) is 0 Å². The number of fused-ring (bicyclic) bond motifs is 1. The van der Waals surface area contributed by atoms with Crippen LogP contribution in [0.1, 0.15) is 30.8 Å². The van der Waals surface area contributed by atoms with Crippen LogP contribution in [-0.2, 0) is 13.0 Å². The zero-order valence-corrected chi connectivity index (χ0v) is 7.38. The molecule has 0 fully saturated rings. The smallest absolute Gasteiger partial charge is 0.214 e. The Morgan fingerprint density at radius 3 is 3.00 bits per heavy atom. The zero-order valence-electron chi connectivity index (χ0n) is 7.38. The molecule has 1 aromatic heterocycles. The van der Waals surface area contributed by atoms with Crippen LogP contribution < -0.4 is 0 Å². The van der Waals surface area contributed by atoms with E-state index in [1.165, 1.54) is 12.8 Å². The van der Waals surface area contributed by atoms with Crippen molar-refractivity contribution < 1.29 is 5.11 Å². The third kappa shape index (κ3) is 1.09. The van der Waals surface area contributed by atoms with Gasteiger partial charge in [0.05, 0.1) is 5.69 Å². The van der Waals surface area contributed by atoms with E-state index in [4.69, 9.17) is 0 Å². The van der Waals surface area contributed by atoms with E-state index in [9.17, 15) is 5.11 Å². The second-order valence-electron chi connectivity index (χ2n) is 3.40. The van der Waals surface area contributed by atoms with Crippen molar-refractivity contribution in [3.8, 4) is 5.88 Å². The third-order valence-corrected chi connectivity index (χ3v) is 2.47. The average Bonchev–Trinajstić information content (AvgIpc) is 2.30. The normalized spacial score (nSPS) is 17.1. The molecular weight excluding hydrogens is 152 g/mol. The zero-order chi connectivity index (χ0) is 8.55. The number of hydrogen-bond acceptors (Lipinski definition) is 2. The molecule has 1 N–H and O–H groups in total. The maximum Gasteiger partial charge on any atom is 0.214 e. The maximum atomic E-state index is 9.61. The van der Waals surface area contributed by atoms with Gasteiger partial charge in [0.2, 0.25) is 5.88 Å². The molecule has 12 heavy (non-hydrogen) atoms. The van der Waals surface area contributed by atoms with Gasteiger partial charge in [0.25, 0.3) is 0 Å². The van der Waals surface area contributed by atoms with Crippen molar-refractivity contribution in [2.75, 3.05) is 0 Å². The van der Waals surface area contributed by atoms with E-state index >= 15 is 0 Å². The summed E-state index contributed by atoms with van der Waals surface area (Å²) in [5.74, 6) is 1.43. The van der Waals surface area contributed by atoms with Gasteiger partial charge < -0.3 is 5.11 Å². The SMILES string of the molecule is Cc1nc2n(c1O)CCCCC2. The van der Waals surface area contributed by atoms with Crippen molar-refractivity contribution in [2.24, 2.45) is 0 Å². The lowest BCUT2D eigenvalue weighted by Crippen LogP contribution is -1.99. The topological polar surface area (TPSA) is 38.0 Å². The van der Waals surface area contributed by atoms with E-state index in [1.54, 1.807) is 0 Å². The minimum Gasteiger partial charge on any atom is -0.493 e. The largest absolute Gasteiger partial charge is 0.493 e. The molecule has 3 heteroatoms. The van der Waals surface area contributed by atoms with Gasteiger partial charge in [0, 0.05) is 13.0 Å².